The van der Waals surface area contributed by atoms with Crippen molar-refractivity contribution in [3.8, 4) is 22.7 Å². The van der Waals surface area contributed by atoms with E-state index < -0.39 is 29.9 Å². The fourth-order valence-electron chi connectivity index (χ4n) is 3.06. The highest BCUT2D eigenvalue weighted by molar-refractivity contribution is 5.95. The molecule has 0 aliphatic rings. The quantitative estimate of drug-likeness (QED) is 0.537. The highest BCUT2D eigenvalue weighted by Crippen LogP contribution is 2.22. The van der Waals surface area contributed by atoms with Crippen LogP contribution in [0.2, 0.25) is 0 Å². The van der Waals surface area contributed by atoms with E-state index in [2.05, 4.69) is 15.2 Å². The monoisotopic (exact) mass is 461 g/mol. The van der Waals surface area contributed by atoms with E-state index in [4.69, 9.17) is 0 Å². The molecule has 0 spiro atoms. The van der Waals surface area contributed by atoms with E-state index >= 15 is 0 Å². The van der Waals surface area contributed by atoms with Crippen LogP contribution in [0.3, 0.4) is 0 Å². The van der Waals surface area contributed by atoms with Gasteiger partial charge in [0.15, 0.2) is 0 Å². The van der Waals surface area contributed by atoms with Gasteiger partial charge >= 0.3 is 6.61 Å². The van der Waals surface area contributed by atoms with Gasteiger partial charge in [0.1, 0.15) is 17.1 Å². The summed E-state index contributed by atoms with van der Waals surface area (Å²) in [6.45, 7) is 0.283. The van der Waals surface area contributed by atoms with Crippen molar-refractivity contribution in [2.75, 3.05) is 6.61 Å². The number of benzene rings is 2. The Morgan fingerprint density at radius 3 is 2.42 bits per heavy atom. The number of hydrogen-bond acceptors (Lipinski definition) is 5. The van der Waals surface area contributed by atoms with Gasteiger partial charge in [0, 0.05) is 5.56 Å². The smallest absolute Gasteiger partial charge is 0.387 e. The van der Waals surface area contributed by atoms with Crippen LogP contribution in [0.5, 0.6) is 5.75 Å². The molecule has 0 unspecified atom stereocenters. The fraction of sp³-hybridized carbons (Fsp3) is 0.261. The van der Waals surface area contributed by atoms with Gasteiger partial charge in [0.2, 0.25) is 0 Å². The highest BCUT2D eigenvalue weighted by Gasteiger charge is 2.22. The number of hydrogen-bond donors (Lipinski definition) is 2. The molecule has 174 valence electrons. The maximum atomic E-state index is 13.8. The van der Waals surface area contributed by atoms with Gasteiger partial charge in [-0.2, -0.15) is 18.6 Å². The van der Waals surface area contributed by atoms with E-state index in [9.17, 15) is 27.9 Å². The Kier molecular flexibility index (Phi) is 7.49. The number of rotatable bonds is 8. The van der Waals surface area contributed by atoms with Gasteiger partial charge in [-0.15, -0.1) is 0 Å². The lowest BCUT2D eigenvalue weighted by Crippen LogP contribution is -2.43. The Balaban J connectivity index is 2.12. The maximum absolute atomic E-state index is 13.8. The van der Waals surface area contributed by atoms with Crippen molar-refractivity contribution in [2.24, 2.45) is 5.92 Å². The Bertz CT molecular complexity index is 1180. The molecule has 1 atom stereocenters. The van der Waals surface area contributed by atoms with Crippen LogP contribution in [0.1, 0.15) is 24.2 Å². The van der Waals surface area contributed by atoms with Crippen molar-refractivity contribution in [1.82, 2.24) is 15.1 Å². The number of carbonyl (C=O) groups excluding carboxylic acids is 1. The Labute approximate surface area is 187 Å². The van der Waals surface area contributed by atoms with Crippen LogP contribution in [-0.2, 0) is 0 Å². The van der Waals surface area contributed by atoms with E-state index in [1.165, 1.54) is 48.5 Å². The molecule has 0 aliphatic heterocycles. The van der Waals surface area contributed by atoms with Crippen molar-refractivity contribution in [3.63, 3.8) is 0 Å². The van der Waals surface area contributed by atoms with Crippen LogP contribution in [0.4, 0.5) is 13.2 Å². The summed E-state index contributed by atoms with van der Waals surface area (Å²) in [7, 11) is 0. The summed E-state index contributed by atoms with van der Waals surface area (Å²) in [6, 6.07) is 11.2. The molecule has 3 rings (SSSR count). The molecule has 1 aromatic heterocycles. The van der Waals surface area contributed by atoms with Crippen molar-refractivity contribution >= 4 is 5.91 Å². The third-order valence-electron chi connectivity index (χ3n) is 4.90. The first-order valence-corrected chi connectivity index (χ1v) is 10.1. The third-order valence-corrected chi connectivity index (χ3v) is 4.90. The largest absolute Gasteiger partial charge is 0.435 e. The average Bonchev–Trinajstić information content (AvgIpc) is 2.77. The Morgan fingerprint density at radius 1 is 1.15 bits per heavy atom. The standard InChI is InChI=1S/C23H22F3N3O4/c1-13(2)20(12-30)27-21(31)18-11-19(14-6-8-17(9-7-14)33-23(25)26)28-29(22(18)32)16-5-3-4-15(24)10-16/h3-11,13,20,23,30H,12H2,1-2H3,(H,27,31)/t20-/m1/s1. The summed E-state index contributed by atoms with van der Waals surface area (Å²) < 4.78 is 43.9. The Hall–Kier alpha value is -3.66. The number of amides is 1. The first kappa shape index (κ1) is 24.0. The van der Waals surface area contributed by atoms with E-state index in [-0.39, 0.29) is 35.2 Å². The van der Waals surface area contributed by atoms with E-state index in [1.54, 1.807) is 13.8 Å². The maximum Gasteiger partial charge on any atom is 0.387 e. The van der Waals surface area contributed by atoms with Gasteiger partial charge in [-0.3, -0.25) is 9.59 Å². The molecule has 0 saturated heterocycles. The second-order valence-corrected chi connectivity index (χ2v) is 7.55. The van der Waals surface area contributed by atoms with Gasteiger partial charge in [-0.05, 0) is 54.4 Å². The summed E-state index contributed by atoms with van der Waals surface area (Å²) in [4.78, 5) is 26.0. The molecule has 0 aliphatic carbocycles. The minimum Gasteiger partial charge on any atom is -0.435 e. The lowest BCUT2D eigenvalue weighted by Gasteiger charge is -2.20. The van der Waals surface area contributed by atoms with Crippen LogP contribution in [0.15, 0.2) is 59.4 Å². The predicted octanol–water partition coefficient (Wildman–Crippen LogP) is 3.39. The van der Waals surface area contributed by atoms with Gasteiger partial charge in [0.25, 0.3) is 11.5 Å². The van der Waals surface area contributed by atoms with Crippen LogP contribution >= 0.6 is 0 Å². The number of nitrogens with one attached hydrogen (secondary N) is 1. The number of halogens is 3. The van der Waals surface area contributed by atoms with E-state index in [0.29, 0.717) is 5.56 Å². The summed E-state index contributed by atoms with van der Waals surface area (Å²) in [5.74, 6) is -1.52. The number of aliphatic hydroxyl groups is 1. The van der Waals surface area contributed by atoms with Crippen LogP contribution in [-0.4, -0.2) is 40.1 Å². The molecular formula is C23H22F3N3O4. The number of nitrogens with zero attached hydrogens (tertiary/aromatic N) is 2. The summed E-state index contributed by atoms with van der Waals surface area (Å²) in [5, 5.41) is 16.4. The molecule has 3 aromatic rings. The Morgan fingerprint density at radius 2 is 1.85 bits per heavy atom. The minimum absolute atomic E-state index is 0.0760. The topological polar surface area (TPSA) is 93.4 Å². The minimum atomic E-state index is -2.99. The van der Waals surface area contributed by atoms with E-state index in [0.717, 1.165) is 10.7 Å². The number of ether oxygens (including phenoxy) is 1. The molecule has 2 aromatic carbocycles. The van der Waals surface area contributed by atoms with E-state index in [1.807, 2.05) is 0 Å². The first-order chi connectivity index (χ1) is 15.7. The molecule has 2 N–H and O–H groups in total. The van der Waals surface area contributed by atoms with Crippen molar-refractivity contribution in [2.45, 2.75) is 26.5 Å². The molecule has 0 fully saturated rings. The molecule has 0 saturated carbocycles. The number of alkyl halides is 2. The number of aromatic nitrogens is 2. The zero-order chi connectivity index (χ0) is 24.1. The summed E-state index contributed by atoms with van der Waals surface area (Å²) in [6.07, 6.45) is 0. The zero-order valence-corrected chi connectivity index (χ0v) is 17.8. The number of carbonyl (C=O) groups is 1. The molecule has 1 amide bonds. The third kappa shape index (κ3) is 5.78. The van der Waals surface area contributed by atoms with Gasteiger partial charge in [0.05, 0.1) is 24.0 Å². The molecule has 0 bridgehead atoms. The van der Waals surface area contributed by atoms with Gasteiger partial charge < -0.3 is 15.2 Å². The molecule has 7 nitrogen and oxygen atoms in total. The second-order valence-electron chi connectivity index (χ2n) is 7.55. The van der Waals surface area contributed by atoms with Gasteiger partial charge in [-0.1, -0.05) is 19.9 Å². The van der Waals surface area contributed by atoms with Crippen LogP contribution < -0.4 is 15.6 Å². The van der Waals surface area contributed by atoms with Crippen molar-refractivity contribution in [3.05, 3.63) is 76.3 Å². The van der Waals surface area contributed by atoms with Crippen LogP contribution in [0, 0.1) is 11.7 Å². The zero-order valence-electron chi connectivity index (χ0n) is 17.8. The molecule has 33 heavy (non-hydrogen) atoms. The molecular weight excluding hydrogens is 439 g/mol. The predicted molar refractivity (Wildman–Crippen MR) is 115 cm³/mol. The second kappa shape index (κ2) is 10.3. The van der Waals surface area contributed by atoms with Gasteiger partial charge in [-0.25, -0.2) is 4.39 Å². The lowest BCUT2D eigenvalue weighted by molar-refractivity contribution is -0.0498. The highest BCUT2D eigenvalue weighted by atomic mass is 19.3. The molecule has 0 radical (unpaired) electrons. The van der Waals surface area contributed by atoms with Crippen LogP contribution in [0.25, 0.3) is 16.9 Å². The van der Waals surface area contributed by atoms with Crippen molar-refractivity contribution < 1.29 is 27.8 Å². The lowest BCUT2D eigenvalue weighted by atomic mass is 10.0. The SMILES string of the molecule is CC(C)[C@@H](CO)NC(=O)c1cc(-c2ccc(OC(F)F)cc2)nn(-c2cccc(F)c2)c1=O. The normalized spacial score (nSPS) is 12.1. The molecule has 10 heteroatoms. The number of aliphatic hydroxyl groups excluding tert-OH is 1. The summed E-state index contributed by atoms with van der Waals surface area (Å²) in [5.41, 5.74) is -0.413. The molecule has 1 heterocycles. The summed E-state index contributed by atoms with van der Waals surface area (Å²) >= 11 is 0. The first-order valence-electron chi connectivity index (χ1n) is 10.1. The average molecular weight is 461 g/mol. The fourth-order valence-corrected chi connectivity index (χ4v) is 3.06. The van der Waals surface area contributed by atoms with Crippen molar-refractivity contribution in [1.29, 1.82) is 0 Å².